The Labute approximate surface area is 98.4 Å². The largest absolute Gasteiger partial charge is 0.492 e. The fraction of sp³-hybridized carbons (Fsp3) is 0.231. The fourth-order valence-electron chi connectivity index (χ4n) is 2.19. The molecule has 4 nitrogen and oxygen atoms in total. The zero-order valence-corrected chi connectivity index (χ0v) is 10.0. The van der Waals surface area contributed by atoms with E-state index in [1.165, 1.54) is 0 Å². The summed E-state index contributed by atoms with van der Waals surface area (Å²) < 4.78 is 12.9. The Kier molecular flexibility index (Phi) is 2.04. The van der Waals surface area contributed by atoms with Crippen molar-refractivity contribution in [2.45, 2.75) is 6.92 Å². The van der Waals surface area contributed by atoms with E-state index in [-0.39, 0.29) is 0 Å². The Hall–Kier alpha value is -2.10. The molecule has 0 radical (unpaired) electrons. The minimum atomic E-state index is 0.671. The maximum Gasteiger partial charge on any atom is 0.370 e. The van der Waals surface area contributed by atoms with Gasteiger partial charge in [-0.25, -0.2) is 4.57 Å². The third-order valence-corrected chi connectivity index (χ3v) is 2.93. The zero-order valence-electron chi connectivity index (χ0n) is 10.0. The number of methoxy groups -OCH3 is 1. The highest BCUT2D eigenvalue weighted by atomic mass is 16.5. The van der Waals surface area contributed by atoms with E-state index in [4.69, 9.17) is 9.15 Å². The normalized spacial score (nSPS) is 11.2. The molecule has 4 heteroatoms. The van der Waals surface area contributed by atoms with Crippen LogP contribution in [0.5, 0.6) is 5.75 Å². The number of hydrogen-bond acceptors (Lipinski definition) is 3. The summed E-state index contributed by atoms with van der Waals surface area (Å²) in [7, 11) is 3.64. The van der Waals surface area contributed by atoms with Gasteiger partial charge in [-0.05, 0) is 11.1 Å². The molecule has 0 saturated carbocycles. The Balaban J connectivity index is 2.54. The van der Waals surface area contributed by atoms with Crippen molar-refractivity contribution in [1.29, 1.82) is 0 Å². The smallest absolute Gasteiger partial charge is 0.370 e. The van der Waals surface area contributed by atoms with E-state index >= 15 is 0 Å². The van der Waals surface area contributed by atoms with Crippen LogP contribution in [0.15, 0.2) is 28.7 Å². The molecule has 2 heterocycles. The van der Waals surface area contributed by atoms with E-state index < -0.39 is 0 Å². The maximum atomic E-state index is 5.56. The molecular formula is C13H13N2O2+. The van der Waals surface area contributed by atoms with Crippen LogP contribution in [-0.2, 0) is 7.05 Å². The number of benzene rings is 1. The van der Waals surface area contributed by atoms with E-state index in [9.17, 15) is 0 Å². The molecule has 0 N–H and O–H groups in total. The summed E-state index contributed by atoms with van der Waals surface area (Å²) in [5.41, 5.74) is 2.65. The number of aryl methyl sites for hydroxylation is 2. The standard InChI is InChI=1S/C13H13N2O2/c1-8-14-13-11(17-8)7-9-5-4-6-10(16-3)12(9)15(13)2/h4-7H,1-3H3/q+1. The van der Waals surface area contributed by atoms with Gasteiger partial charge in [-0.1, -0.05) is 12.1 Å². The predicted molar refractivity (Wildman–Crippen MR) is 64.0 cm³/mol. The Bertz CT molecular complexity index is 716. The van der Waals surface area contributed by atoms with E-state index in [0.717, 1.165) is 27.9 Å². The fourth-order valence-corrected chi connectivity index (χ4v) is 2.19. The average molecular weight is 229 g/mol. The molecule has 86 valence electrons. The molecule has 2 aromatic heterocycles. The maximum absolute atomic E-state index is 5.56. The summed E-state index contributed by atoms with van der Waals surface area (Å²) in [4.78, 5) is 4.38. The van der Waals surface area contributed by atoms with Crippen molar-refractivity contribution < 1.29 is 13.7 Å². The molecule has 0 unspecified atom stereocenters. The number of nitrogens with zero attached hydrogens (tertiary/aromatic N) is 2. The second-order valence-electron chi connectivity index (χ2n) is 4.02. The van der Waals surface area contributed by atoms with Crippen LogP contribution >= 0.6 is 0 Å². The third-order valence-electron chi connectivity index (χ3n) is 2.93. The van der Waals surface area contributed by atoms with Crippen LogP contribution in [0.1, 0.15) is 5.89 Å². The molecule has 3 aromatic rings. The van der Waals surface area contributed by atoms with Gasteiger partial charge < -0.3 is 9.15 Å². The Morgan fingerprint density at radius 2 is 2.18 bits per heavy atom. The molecular weight excluding hydrogens is 216 g/mol. The van der Waals surface area contributed by atoms with Crippen molar-refractivity contribution in [3.8, 4) is 5.75 Å². The van der Waals surface area contributed by atoms with Gasteiger partial charge in [0.25, 0.3) is 0 Å². The van der Waals surface area contributed by atoms with Crippen molar-refractivity contribution >= 4 is 22.1 Å². The quantitative estimate of drug-likeness (QED) is 0.600. The number of rotatable bonds is 1. The average Bonchev–Trinajstić information content (AvgIpc) is 2.69. The zero-order chi connectivity index (χ0) is 12.0. The van der Waals surface area contributed by atoms with Gasteiger partial charge in [0, 0.05) is 18.4 Å². The molecule has 0 aliphatic heterocycles. The van der Waals surface area contributed by atoms with E-state index in [0.29, 0.717) is 5.89 Å². The lowest BCUT2D eigenvalue weighted by molar-refractivity contribution is -0.619. The Morgan fingerprint density at radius 3 is 2.94 bits per heavy atom. The molecule has 0 bridgehead atoms. The predicted octanol–water partition coefficient (Wildman–Crippen LogP) is 2.12. The summed E-state index contributed by atoms with van der Waals surface area (Å²) >= 11 is 0. The number of aromatic nitrogens is 2. The lowest BCUT2D eigenvalue weighted by Crippen LogP contribution is -2.30. The van der Waals surface area contributed by atoms with Crippen molar-refractivity contribution in [3.05, 3.63) is 30.2 Å². The molecule has 0 amide bonds. The van der Waals surface area contributed by atoms with Crippen molar-refractivity contribution in [2.75, 3.05) is 7.11 Å². The van der Waals surface area contributed by atoms with Crippen molar-refractivity contribution in [2.24, 2.45) is 7.05 Å². The Morgan fingerprint density at radius 1 is 1.35 bits per heavy atom. The molecule has 17 heavy (non-hydrogen) atoms. The highest BCUT2D eigenvalue weighted by Crippen LogP contribution is 2.25. The molecule has 1 aromatic carbocycles. The van der Waals surface area contributed by atoms with Gasteiger partial charge in [0.2, 0.25) is 5.58 Å². The van der Waals surface area contributed by atoms with Crippen LogP contribution in [0.25, 0.3) is 22.1 Å². The van der Waals surface area contributed by atoms with Crippen LogP contribution in [0.2, 0.25) is 0 Å². The van der Waals surface area contributed by atoms with Crippen molar-refractivity contribution in [3.63, 3.8) is 0 Å². The minimum Gasteiger partial charge on any atom is -0.492 e. The number of fused-ring (bicyclic) bond motifs is 2. The number of para-hydroxylation sites is 1. The molecule has 0 fully saturated rings. The SMILES string of the molecule is COc1cccc2cc3oc(C)nc3[n+](C)c12. The summed E-state index contributed by atoms with van der Waals surface area (Å²) in [6.07, 6.45) is 0. The van der Waals surface area contributed by atoms with Gasteiger partial charge in [0.05, 0.1) is 14.2 Å². The van der Waals surface area contributed by atoms with E-state index in [2.05, 4.69) is 4.98 Å². The lowest BCUT2D eigenvalue weighted by Gasteiger charge is -2.04. The van der Waals surface area contributed by atoms with E-state index in [1.54, 1.807) is 7.11 Å². The minimum absolute atomic E-state index is 0.671. The molecule has 3 rings (SSSR count). The molecule has 0 aliphatic carbocycles. The summed E-state index contributed by atoms with van der Waals surface area (Å²) in [5.74, 6) is 1.51. The molecule has 0 aliphatic rings. The first-order valence-electron chi connectivity index (χ1n) is 5.43. The first kappa shape index (κ1) is 10.1. The lowest BCUT2D eigenvalue weighted by atomic mass is 10.2. The summed E-state index contributed by atoms with van der Waals surface area (Å²) in [5, 5.41) is 1.08. The van der Waals surface area contributed by atoms with Crippen LogP contribution < -0.4 is 9.30 Å². The molecule has 0 atom stereocenters. The van der Waals surface area contributed by atoms with Crippen LogP contribution in [0.4, 0.5) is 0 Å². The number of hydrogen-bond donors (Lipinski definition) is 0. The first-order valence-corrected chi connectivity index (χ1v) is 5.43. The highest BCUT2D eigenvalue weighted by Gasteiger charge is 2.19. The summed E-state index contributed by atoms with van der Waals surface area (Å²) in [6, 6.07) is 7.94. The van der Waals surface area contributed by atoms with Gasteiger partial charge in [-0.2, -0.15) is 0 Å². The van der Waals surface area contributed by atoms with Gasteiger partial charge in [-0.3, -0.25) is 0 Å². The summed E-state index contributed by atoms with van der Waals surface area (Å²) in [6.45, 7) is 1.85. The van der Waals surface area contributed by atoms with E-state index in [1.807, 2.05) is 42.8 Å². The van der Waals surface area contributed by atoms with Crippen LogP contribution in [0, 0.1) is 6.92 Å². The monoisotopic (exact) mass is 229 g/mol. The van der Waals surface area contributed by atoms with Crippen LogP contribution in [0.3, 0.4) is 0 Å². The number of ether oxygens (including phenoxy) is 1. The molecule has 0 saturated heterocycles. The van der Waals surface area contributed by atoms with Gasteiger partial charge >= 0.3 is 11.5 Å². The van der Waals surface area contributed by atoms with Crippen molar-refractivity contribution in [1.82, 2.24) is 4.98 Å². The third kappa shape index (κ3) is 1.37. The van der Waals surface area contributed by atoms with Crippen LogP contribution in [-0.4, -0.2) is 12.1 Å². The second-order valence-corrected chi connectivity index (χ2v) is 4.02. The second kappa shape index (κ2) is 3.45. The topological polar surface area (TPSA) is 39.1 Å². The number of oxazole rings is 1. The van der Waals surface area contributed by atoms with Gasteiger partial charge in [0.15, 0.2) is 11.3 Å². The van der Waals surface area contributed by atoms with Gasteiger partial charge in [-0.15, -0.1) is 0 Å². The van der Waals surface area contributed by atoms with Gasteiger partial charge in [0.1, 0.15) is 0 Å². The molecule has 0 spiro atoms. The highest BCUT2D eigenvalue weighted by molar-refractivity contribution is 5.88. The first-order chi connectivity index (χ1) is 8.20. The number of pyridine rings is 1.